The summed E-state index contributed by atoms with van der Waals surface area (Å²) in [5, 5.41) is 0. The van der Waals surface area contributed by atoms with Crippen LogP contribution >= 0.6 is 0 Å². The molecule has 0 spiro atoms. The lowest BCUT2D eigenvalue weighted by molar-refractivity contribution is -0.0331. The molecule has 1 amide bonds. The molecule has 3 aromatic rings. The molecule has 0 saturated carbocycles. The number of ether oxygens (including phenoxy) is 3. The zero-order chi connectivity index (χ0) is 23.1. The van der Waals surface area contributed by atoms with Gasteiger partial charge in [0.25, 0.3) is 0 Å². The molecule has 3 heterocycles. The number of pyridine rings is 1. The van der Waals surface area contributed by atoms with Crippen molar-refractivity contribution in [3.8, 4) is 17.0 Å². The van der Waals surface area contributed by atoms with E-state index < -0.39 is 0 Å². The summed E-state index contributed by atoms with van der Waals surface area (Å²) in [6.45, 7) is 1.25. The van der Waals surface area contributed by atoms with Gasteiger partial charge in [0.15, 0.2) is 0 Å². The molecule has 3 aliphatic rings. The number of fused-ring (bicyclic) bond motifs is 5. The number of nitrogens with zero attached hydrogens (tertiary/aromatic N) is 2. The Balaban J connectivity index is 1.23. The van der Waals surface area contributed by atoms with E-state index in [1.54, 1.807) is 13.3 Å². The van der Waals surface area contributed by atoms with Crippen molar-refractivity contribution in [1.82, 2.24) is 9.88 Å². The molecule has 2 unspecified atom stereocenters. The highest BCUT2D eigenvalue weighted by atomic mass is 16.6. The summed E-state index contributed by atoms with van der Waals surface area (Å²) in [5.41, 5.74) is 6.97. The van der Waals surface area contributed by atoms with Gasteiger partial charge in [0, 0.05) is 17.7 Å². The number of hydrogen-bond acceptors (Lipinski definition) is 5. The van der Waals surface area contributed by atoms with Crippen molar-refractivity contribution in [2.45, 2.75) is 24.4 Å². The number of carbonyl (C=O) groups is 1. The fourth-order valence-corrected chi connectivity index (χ4v) is 5.55. The molecule has 6 nitrogen and oxygen atoms in total. The number of rotatable bonds is 4. The third kappa shape index (κ3) is 3.46. The molecule has 1 fully saturated rings. The number of carbonyl (C=O) groups excluding carboxylic acids is 1. The molecule has 2 aliphatic heterocycles. The average Bonchev–Trinajstić information content (AvgIpc) is 3.20. The molecule has 172 valence electrons. The second kappa shape index (κ2) is 8.61. The van der Waals surface area contributed by atoms with Crippen LogP contribution in [0.5, 0.6) is 5.88 Å². The van der Waals surface area contributed by atoms with Crippen molar-refractivity contribution in [1.29, 1.82) is 0 Å². The molecule has 0 N–H and O–H groups in total. The standard InChI is InChI=1S/C28H26N2O4/c1-32-27-21(11-6-12-29-27)18-13-19-15-33-16-20(14-18)30(19)28(31)34-17-26-24-9-4-2-7-22(24)23-8-3-5-10-25(23)26/h2-13,19-20,26H,14-17H2,1H3. The Morgan fingerprint density at radius 2 is 1.71 bits per heavy atom. The third-order valence-corrected chi connectivity index (χ3v) is 7.06. The summed E-state index contributed by atoms with van der Waals surface area (Å²) in [7, 11) is 1.63. The minimum Gasteiger partial charge on any atom is -0.481 e. The van der Waals surface area contributed by atoms with Crippen molar-refractivity contribution >= 4 is 11.7 Å². The van der Waals surface area contributed by atoms with E-state index in [4.69, 9.17) is 14.2 Å². The van der Waals surface area contributed by atoms with Gasteiger partial charge in [-0.1, -0.05) is 54.6 Å². The minimum atomic E-state index is -0.284. The fraction of sp³-hybridized carbons (Fsp3) is 0.286. The van der Waals surface area contributed by atoms with Crippen molar-refractivity contribution in [2.24, 2.45) is 0 Å². The van der Waals surface area contributed by atoms with Gasteiger partial charge in [0.2, 0.25) is 5.88 Å². The van der Waals surface area contributed by atoms with Gasteiger partial charge in [-0.3, -0.25) is 4.90 Å². The highest BCUT2D eigenvalue weighted by molar-refractivity contribution is 5.79. The SMILES string of the molecule is COc1ncccc1C1=CC2COCC(C1)N2C(=O)OCC1c2ccccc2-c2ccccc21. The first kappa shape index (κ1) is 20.9. The zero-order valence-electron chi connectivity index (χ0n) is 19.0. The number of benzene rings is 2. The van der Waals surface area contributed by atoms with Gasteiger partial charge in [-0.15, -0.1) is 0 Å². The third-order valence-electron chi connectivity index (χ3n) is 7.06. The first-order valence-electron chi connectivity index (χ1n) is 11.7. The molecule has 6 heteroatoms. The minimum absolute atomic E-state index is 0.0444. The smallest absolute Gasteiger partial charge is 0.410 e. The monoisotopic (exact) mass is 454 g/mol. The molecule has 34 heavy (non-hydrogen) atoms. The summed E-state index contributed by atoms with van der Waals surface area (Å²) < 4.78 is 17.2. The Morgan fingerprint density at radius 1 is 1.00 bits per heavy atom. The Kier molecular flexibility index (Phi) is 5.30. The summed E-state index contributed by atoms with van der Waals surface area (Å²) in [4.78, 5) is 19.5. The van der Waals surface area contributed by atoms with Crippen LogP contribution in [0.3, 0.4) is 0 Å². The first-order chi connectivity index (χ1) is 16.7. The van der Waals surface area contributed by atoms with Crippen LogP contribution in [0, 0.1) is 0 Å². The van der Waals surface area contributed by atoms with Crippen molar-refractivity contribution in [3.63, 3.8) is 0 Å². The number of amides is 1. The van der Waals surface area contributed by atoms with Crippen LogP contribution in [-0.2, 0) is 9.47 Å². The summed E-state index contributed by atoms with van der Waals surface area (Å²) in [6.07, 6.45) is 4.20. The molecular formula is C28H26N2O4. The van der Waals surface area contributed by atoms with Crippen molar-refractivity contribution in [2.75, 3.05) is 26.9 Å². The number of hydrogen-bond donors (Lipinski definition) is 0. The quantitative estimate of drug-likeness (QED) is 0.561. The van der Waals surface area contributed by atoms with E-state index in [9.17, 15) is 4.79 Å². The van der Waals surface area contributed by atoms with Crippen LogP contribution in [-0.4, -0.2) is 55.0 Å². The maximum atomic E-state index is 13.3. The van der Waals surface area contributed by atoms with E-state index in [1.165, 1.54) is 22.3 Å². The molecule has 2 atom stereocenters. The maximum Gasteiger partial charge on any atom is 0.410 e. The second-order valence-corrected chi connectivity index (χ2v) is 8.93. The summed E-state index contributed by atoms with van der Waals surface area (Å²) >= 11 is 0. The molecule has 0 radical (unpaired) electrons. The van der Waals surface area contributed by atoms with Crippen LogP contribution in [0.1, 0.15) is 29.0 Å². The number of morpholine rings is 1. The molecule has 6 rings (SSSR count). The van der Waals surface area contributed by atoms with Gasteiger partial charge in [-0.05, 0) is 46.4 Å². The molecule has 1 aromatic heterocycles. The van der Waals surface area contributed by atoms with Crippen LogP contribution < -0.4 is 4.74 Å². The first-order valence-corrected chi connectivity index (χ1v) is 11.7. The zero-order valence-corrected chi connectivity index (χ0v) is 19.0. The molecule has 2 bridgehead atoms. The van der Waals surface area contributed by atoms with E-state index >= 15 is 0 Å². The molecule has 1 saturated heterocycles. The molecular weight excluding hydrogens is 428 g/mol. The second-order valence-electron chi connectivity index (χ2n) is 8.93. The van der Waals surface area contributed by atoms with Gasteiger partial charge in [0.05, 0.1) is 32.4 Å². The topological polar surface area (TPSA) is 60.9 Å². The maximum absolute atomic E-state index is 13.3. The lowest BCUT2D eigenvalue weighted by atomic mass is 9.90. The number of methoxy groups -OCH3 is 1. The molecule has 1 aliphatic carbocycles. The lowest BCUT2D eigenvalue weighted by Gasteiger charge is -2.44. The predicted octanol–water partition coefficient (Wildman–Crippen LogP) is 4.90. The van der Waals surface area contributed by atoms with Crippen LogP contribution in [0.4, 0.5) is 4.79 Å². The summed E-state index contributed by atoms with van der Waals surface area (Å²) in [5.74, 6) is 0.644. The largest absolute Gasteiger partial charge is 0.481 e. The van der Waals surface area contributed by atoms with E-state index in [-0.39, 0.29) is 24.1 Å². The van der Waals surface area contributed by atoms with E-state index in [0.29, 0.717) is 32.1 Å². The Morgan fingerprint density at radius 3 is 2.41 bits per heavy atom. The van der Waals surface area contributed by atoms with E-state index in [0.717, 1.165) is 11.1 Å². The summed E-state index contributed by atoms with van der Waals surface area (Å²) in [6, 6.07) is 20.4. The Hall–Kier alpha value is -3.64. The van der Waals surface area contributed by atoms with Crippen LogP contribution in [0.15, 0.2) is 72.9 Å². The lowest BCUT2D eigenvalue weighted by Crippen LogP contribution is -2.56. The molecule has 2 aromatic carbocycles. The van der Waals surface area contributed by atoms with Crippen LogP contribution in [0.2, 0.25) is 0 Å². The highest BCUT2D eigenvalue weighted by Gasteiger charge is 2.40. The fourth-order valence-electron chi connectivity index (χ4n) is 5.55. The predicted molar refractivity (Wildman–Crippen MR) is 129 cm³/mol. The van der Waals surface area contributed by atoms with Gasteiger partial charge in [0.1, 0.15) is 6.61 Å². The Bertz CT molecular complexity index is 1230. The van der Waals surface area contributed by atoms with E-state index in [1.807, 2.05) is 29.2 Å². The normalized spacial score (nSPS) is 20.9. The van der Waals surface area contributed by atoms with Crippen molar-refractivity contribution in [3.05, 3.63) is 89.6 Å². The van der Waals surface area contributed by atoms with Gasteiger partial charge in [-0.2, -0.15) is 0 Å². The van der Waals surface area contributed by atoms with Gasteiger partial charge >= 0.3 is 6.09 Å². The van der Waals surface area contributed by atoms with Crippen molar-refractivity contribution < 1.29 is 19.0 Å². The highest BCUT2D eigenvalue weighted by Crippen LogP contribution is 2.44. The van der Waals surface area contributed by atoms with Gasteiger partial charge < -0.3 is 14.2 Å². The van der Waals surface area contributed by atoms with Crippen LogP contribution in [0.25, 0.3) is 16.7 Å². The Labute approximate surface area is 198 Å². The average molecular weight is 455 g/mol. The number of aromatic nitrogens is 1. The van der Waals surface area contributed by atoms with E-state index in [2.05, 4.69) is 47.5 Å². The van der Waals surface area contributed by atoms with Gasteiger partial charge in [-0.25, -0.2) is 9.78 Å².